The van der Waals surface area contributed by atoms with Gasteiger partial charge in [-0.2, -0.15) is 0 Å². The lowest BCUT2D eigenvalue weighted by Crippen LogP contribution is -2.46. The van der Waals surface area contributed by atoms with Crippen molar-refractivity contribution in [1.29, 1.82) is 0 Å². The molecule has 0 saturated carbocycles. The number of hydrogen-bond donors (Lipinski definition) is 1. The van der Waals surface area contributed by atoms with E-state index in [2.05, 4.69) is 11.9 Å². The first-order valence-corrected chi connectivity index (χ1v) is 7.25. The van der Waals surface area contributed by atoms with Gasteiger partial charge in [0, 0.05) is 20.0 Å². The van der Waals surface area contributed by atoms with Gasteiger partial charge in [0.1, 0.15) is 0 Å². The van der Waals surface area contributed by atoms with Gasteiger partial charge in [0.15, 0.2) is 0 Å². The summed E-state index contributed by atoms with van der Waals surface area (Å²) in [7, 11) is 1.78. The van der Waals surface area contributed by atoms with Crippen molar-refractivity contribution in [2.45, 2.75) is 25.8 Å². The Kier molecular flexibility index (Phi) is 4.78. The molecule has 2 amide bonds. The standard InChI is InChI=1S/C17H22N2O2/c1-4-11-18-17(21)14-9-10-15(20)19(3)16(14)13-7-5-12(2)6-8-13/h4-8,14,16H,1,9-11H2,2-3H3,(H,18,21). The summed E-state index contributed by atoms with van der Waals surface area (Å²) in [4.78, 5) is 26.1. The predicted octanol–water partition coefficient (Wildman–Crippen LogP) is 2.21. The highest BCUT2D eigenvalue weighted by atomic mass is 16.2. The van der Waals surface area contributed by atoms with Gasteiger partial charge in [-0.3, -0.25) is 9.59 Å². The van der Waals surface area contributed by atoms with Crippen molar-refractivity contribution in [2.24, 2.45) is 5.92 Å². The Morgan fingerprint density at radius 1 is 1.43 bits per heavy atom. The first-order valence-electron chi connectivity index (χ1n) is 7.25. The van der Waals surface area contributed by atoms with Crippen molar-refractivity contribution in [3.8, 4) is 0 Å². The molecule has 2 unspecified atom stereocenters. The minimum Gasteiger partial charge on any atom is -0.352 e. The SMILES string of the molecule is C=CCNC(=O)C1CCC(=O)N(C)C1c1ccc(C)cc1. The molecular weight excluding hydrogens is 264 g/mol. The fourth-order valence-corrected chi connectivity index (χ4v) is 2.84. The zero-order chi connectivity index (χ0) is 15.4. The molecule has 1 aromatic carbocycles. The molecule has 112 valence electrons. The molecule has 1 saturated heterocycles. The minimum atomic E-state index is -0.213. The van der Waals surface area contributed by atoms with Crippen LogP contribution in [0.25, 0.3) is 0 Å². The first-order chi connectivity index (χ1) is 10.0. The van der Waals surface area contributed by atoms with Gasteiger partial charge < -0.3 is 10.2 Å². The number of benzene rings is 1. The van der Waals surface area contributed by atoms with Crippen molar-refractivity contribution in [1.82, 2.24) is 10.2 Å². The summed E-state index contributed by atoms with van der Waals surface area (Å²) in [5.41, 5.74) is 2.17. The molecule has 0 bridgehead atoms. The van der Waals surface area contributed by atoms with E-state index in [4.69, 9.17) is 0 Å². The topological polar surface area (TPSA) is 49.4 Å². The van der Waals surface area contributed by atoms with E-state index < -0.39 is 0 Å². The van der Waals surface area contributed by atoms with Gasteiger partial charge in [0.25, 0.3) is 0 Å². The summed E-state index contributed by atoms with van der Waals surface area (Å²) < 4.78 is 0. The molecule has 4 heteroatoms. The van der Waals surface area contributed by atoms with Crippen LogP contribution in [0.15, 0.2) is 36.9 Å². The van der Waals surface area contributed by atoms with Crippen LogP contribution in [-0.2, 0) is 9.59 Å². The normalized spacial score (nSPS) is 22.0. The molecule has 21 heavy (non-hydrogen) atoms. The molecule has 1 heterocycles. The van der Waals surface area contributed by atoms with Gasteiger partial charge in [-0.25, -0.2) is 0 Å². The highest BCUT2D eigenvalue weighted by Crippen LogP contribution is 2.35. The van der Waals surface area contributed by atoms with E-state index >= 15 is 0 Å². The van der Waals surface area contributed by atoms with Gasteiger partial charge >= 0.3 is 0 Å². The first kappa shape index (κ1) is 15.3. The van der Waals surface area contributed by atoms with Gasteiger partial charge in [-0.1, -0.05) is 35.9 Å². The summed E-state index contributed by atoms with van der Waals surface area (Å²) in [5, 5.41) is 2.85. The van der Waals surface area contributed by atoms with Crippen molar-refractivity contribution in [3.05, 3.63) is 48.0 Å². The van der Waals surface area contributed by atoms with Gasteiger partial charge in [-0.15, -0.1) is 6.58 Å². The molecular formula is C17H22N2O2. The van der Waals surface area contributed by atoms with E-state index in [1.165, 1.54) is 0 Å². The summed E-state index contributed by atoms with van der Waals surface area (Å²) in [6.45, 7) is 6.09. The Morgan fingerprint density at radius 2 is 2.10 bits per heavy atom. The lowest BCUT2D eigenvalue weighted by molar-refractivity contribution is -0.141. The molecule has 0 aromatic heterocycles. The molecule has 0 radical (unpaired) electrons. The molecule has 1 aromatic rings. The summed E-state index contributed by atoms with van der Waals surface area (Å²) in [6.07, 6.45) is 2.67. The maximum absolute atomic E-state index is 12.4. The van der Waals surface area contributed by atoms with Crippen LogP contribution >= 0.6 is 0 Å². The Labute approximate surface area is 125 Å². The second kappa shape index (κ2) is 6.57. The van der Waals surface area contributed by atoms with Gasteiger partial charge in [0.05, 0.1) is 12.0 Å². The number of carbonyl (C=O) groups excluding carboxylic acids is 2. The second-order valence-corrected chi connectivity index (χ2v) is 5.54. The number of carbonyl (C=O) groups is 2. The highest BCUT2D eigenvalue weighted by molar-refractivity contribution is 5.85. The van der Waals surface area contributed by atoms with Crippen LogP contribution in [0, 0.1) is 12.8 Å². The van der Waals surface area contributed by atoms with Gasteiger partial charge in [-0.05, 0) is 18.9 Å². The molecule has 2 rings (SSSR count). The van der Waals surface area contributed by atoms with Crippen molar-refractivity contribution >= 4 is 11.8 Å². The molecule has 1 aliphatic rings. The van der Waals surface area contributed by atoms with E-state index in [1.54, 1.807) is 18.0 Å². The largest absolute Gasteiger partial charge is 0.352 e. The van der Waals surface area contributed by atoms with Crippen LogP contribution in [0.1, 0.15) is 30.0 Å². The fraction of sp³-hybridized carbons (Fsp3) is 0.412. The van der Waals surface area contributed by atoms with E-state index in [9.17, 15) is 9.59 Å². The maximum Gasteiger partial charge on any atom is 0.225 e. The third kappa shape index (κ3) is 3.32. The van der Waals surface area contributed by atoms with E-state index in [0.29, 0.717) is 19.4 Å². The third-order valence-electron chi connectivity index (χ3n) is 4.04. The Hall–Kier alpha value is -2.10. The number of nitrogens with zero attached hydrogens (tertiary/aromatic N) is 1. The molecule has 1 fully saturated rings. The van der Waals surface area contributed by atoms with Crippen LogP contribution in [0.4, 0.5) is 0 Å². The van der Waals surface area contributed by atoms with Crippen LogP contribution in [0.2, 0.25) is 0 Å². The average Bonchev–Trinajstić information content (AvgIpc) is 2.48. The highest BCUT2D eigenvalue weighted by Gasteiger charge is 2.38. The van der Waals surface area contributed by atoms with Crippen LogP contribution < -0.4 is 5.32 Å². The Bertz CT molecular complexity index is 536. The third-order valence-corrected chi connectivity index (χ3v) is 4.04. The number of rotatable bonds is 4. The number of hydrogen-bond acceptors (Lipinski definition) is 2. The number of likely N-dealkylation sites (tertiary alicyclic amines) is 1. The van der Waals surface area contributed by atoms with Crippen molar-refractivity contribution in [2.75, 3.05) is 13.6 Å². The summed E-state index contributed by atoms with van der Waals surface area (Å²) >= 11 is 0. The van der Waals surface area contributed by atoms with Crippen LogP contribution in [0.3, 0.4) is 0 Å². The molecule has 1 aliphatic heterocycles. The maximum atomic E-state index is 12.4. The Morgan fingerprint density at radius 3 is 2.71 bits per heavy atom. The van der Waals surface area contributed by atoms with Crippen molar-refractivity contribution in [3.63, 3.8) is 0 Å². The number of aryl methyl sites for hydroxylation is 1. The number of nitrogens with one attached hydrogen (secondary N) is 1. The van der Waals surface area contributed by atoms with E-state index in [0.717, 1.165) is 11.1 Å². The lowest BCUT2D eigenvalue weighted by atomic mass is 9.83. The van der Waals surface area contributed by atoms with Crippen molar-refractivity contribution < 1.29 is 9.59 Å². The predicted molar refractivity (Wildman–Crippen MR) is 82.6 cm³/mol. The fourth-order valence-electron chi connectivity index (χ4n) is 2.84. The second-order valence-electron chi connectivity index (χ2n) is 5.54. The molecule has 4 nitrogen and oxygen atoms in total. The average molecular weight is 286 g/mol. The molecule has 0 aliphatic carbocycles. The summed E-state index contributed by atoms with van der Waals surface area (Å²) in [6, 6.07) is 7.84. The number of amides is 2. The molecule has 2 atom stereocenters. The zero-order valence-corrected chi connectivity index (χ0v) is 12.6. The minimum absolute atomic E-state index is 0.0141. The monoisotopic (exact) mass is 286 g/mol. The smallest absolute Gasteiger partial charge is 0.225 e. The molecule has 0 spiro atoms. The number of piperidine rings is 1. The quantitative estimate of drug-likeness (QED) is 0.863. The lowest BCUT2D eigenvalue weighted by Gasteiger charge is -2.38. The summed E-state index contributed by atoms with van der Waals surface area (Å²) in [5.74, 6) is -0.136. The Balaban J connectivity index is 2.28. The molecule has 1 N–H and O–H groups in total. The van der Waals surface area contributed by atoms with Crippen LogP contribution in [0.5, 0.6) is 0 Å². The van der Waals surface area contributed by atoms with Gasteiger partial charge in [0.2, 0.25) is 11.8 Å². The zero-order valence-electron chi connectivity index (χ0n) is 12.6. The van der Waals surface area contributed by atoms with E-state index in [1.807, 2.05) is 31.2 Å². The van der Waals surface area contributed by atoms with Crippen LogP contribution in [-0.4, -0.2) is 30.3 Å². The van der Waals surface area contributed by atoms with E-state index in [-0.39, 0.29) is 23.8 Å².